The molecule has 1 rings (SSSR count). The van der Waals surface area contributed by atoms with Crippen molar-refractivity contribution in [1.82, 2.24) is 20.4 Å². The summed E-state index contributed by atoms with van der Waals surface area (Å²) in [5, 5.41) is 6.85. The summed E-state index contributed by atoms with van der Waals surface area (Å²) < 4.78 is 0. The predicted octanol–water partition coefficient (Wildman–Crippen LogP) is 1.84. The maximum Gasteiger partial charge on any atom is 0.191 e. The number of rotatable bonds is 7. The third-order valence-corrected chi connectivity index (χ3v) is 4.38. The van der Waals surface area contributed by atoms with Gasteiger partial charge in [0.1, 0.15) is 0 Å². The Morgan fingerprint density at radius 1 is 1.09 bits per heavy atom. The van der Waals surface area contributed by atoms with Gasteiger partial charge >= 0.3 is 0 Å². The van der Waals surface area contributed by atoms with E-state index in [1.54, 1.807) is 0 Å². The lowest BCUT2D eigenvalue weighted by atomic mass is 10.1. The number of guanidine groups is 1. The fourth-order valence-electron chi connectivity index (χ4n) is 2.32. The molecular weight excluding hydrogens is 389 g/mol. The molecule has 132 valence electrons. The van der Waals surface area contributed by atoms with Crippen molar-refractivity contribution in [1.29, 1.82) is 0 Å². The molecule has 0 bridgehead atoms. The lowest BCUT2D eigenvalue weighted by Gasteiger charge is -2.32. The minimum atomic E-state index is 0. The van der Waals surface area contributed by atoms with Crippen molar-refractivity contribution in [2.24, 2.45) is 10.9 Å². The van der Waals surface area contributed by atoms with Crippen LogP contribution in [0.5, 0.6) is 0 Å². The molecule has 0 radical (unpaired) electrons. The lowest BCUT2D eigenvalue weighted by Crippen LogP contribution is -2.45. The summed E-state index contributed by atoms with van der Waals surface area (Å²) in [6.07, 6.45) is 2.45. The number of unbranched alkanes of at least 4 members (excludes halogenated alkanes) is 1. The number of piperazine rings is 1. The van der Waals surface area contributed by atoms with Crippen molar-refractivity contribution in [2.45, 2.75) is 39.7 Å². The second-order valence-corrected chi connectivity index (χ2v) is 6.53. The number of halogens is 1. The molecule has 0 aromatic rings. The van der Waals surface area contributed by atoms with Gasteiger partial charge in [-0.3, -0.25) is 4.99 Å². The van der Waals surface area contributed by atoms with E-state index in [0.717, 1.165) is 12.5 Å². The molecule has 0 spiro atoms. The van der Waals surface area contributed by atoms with Gasteiger partial charge in [0.25, 0.3) is 0 Å². The summed E-state index contributed by atoms with van der Waals surface area (Å²) in [6.45, 7) is 13.7. The van der Waals surface area contributed by atoms with Gasteiger partial charge in [0.2, 0.25) is 0 Å². The molecule has 1 saturated heterocycles. The van der Waals surface area contributed by atoms with Gasteiger partial charge in [0.15, 0.2) is 5.96 Å². The predicted molar refractivity (Wildman–Crippen MR) is 107 cm³/mol. The van der Waals surface area contributed by atoms with Crippen molar-refractivity contribution in [3.8, 4) is 0 Å². The van der Waals surface area contributed by atoms with E-state index in [1.807, 2.05) is 7.05 Å². The van der Waals surface area contributed by atoms with E-state index in [2.05, 4.69) is 53.2 Å². The van der Waals surface area contributed by atoms with Crippen LogP contribution < -0.4 is 10.6 Å². The first-order chi connectivity index (χ1) is 10.0. The first kappa shape index (κ1) is 21.9. The van der Waals surface area contributed by atoms with E-state index < -0.39 is 0 Å². The molecule has 2 N–H and O–H groups in total. The molecule has 1 atom stereocenters. The average Bonchev–Trinajstić information content (AvgIpc) is 2.47. The molecule has 1 heterocycles. The number of aliphatic imine (C=N–C) groups is 1. The SMILES string of the molecule is CN=C(NCCCCN1CCN(C)CC1)NC(C)C(C)C.I. The van der Waals surface area contributed by atoms with Crippen LogP contribution >= 0.6 is 24.0 Å². The van der Waals surface area contributed by atoms with Crippen molar-refractivity contribution < 1.29 is 0 Å². The molecule has 1 unspecified atom stereocenters. The van der Waals surface area contributed by atoms with Crippen LogP contribution in [0.15, 0.2) is 4.99 Å². The van der Waals surface area contributed by atoms with Crippen LogP contribution in [0.25, 0.3) is 0 Å². The van der Waals surface area contributed by atoms with Crippen LogP contribution in [-0.4, -0.2) is 75.2 Å². The maximum absolute atomic E-state index is 4.28. The van der Waals surface area contributed by atoms with Crippen LogP contribution in [0.4, 0.5) is 0 Å². The van der Waals surface area contributed by atoms with E-state index >= 15 is 0 Å². The third-order valence-electron chi connectivity index (χ3n) is 4.38. The summed E-state index contributed by atoms with van der Waals surface area (Å²) in [5.74, 6) is 1.54. The largest absolute Gasteiger partial charge is 0.356 e. The molecule has 5 nitrogen and oxygen atoms in total. The van der Waals surface area contributed by atoms with Gasteiger partial charge in [0.05, 0.1) is 0 Å². The summed E-state index contributed by atoms with van der Waals surface area (Å²) in [6, 6.07) is 0.446. The topological polar surface area (TPSA) is 42.9 Å². The Morgan fingerprint density at radius 3 is 2.27 bits per heavy atom. The van der Waals surface area contributed by atoms with Gasteiger partial charge in [-0.25, -0.2) is 0 Å². The molecule has 22 heavy (non-hydrogen) atoms. The van der Waals surface area contributed by atoms with Crippen molar-refractivity contribution in [3.05, 3.63) is 0 Å². The molecule has 0 aromatic carbocycles. The molecule has 0 aliphatic carbocycles. The Morgan fingerprint density at radius 2 is 1.73 bits per heavy atom. The standard InChI is InChI=1S/C16H35N5.HI/c1-14(2)15(3)19-16(17-4)18-8-6-7-9-21-12-10-20(5)11-13-21;/h14-15H,6-13H2,1-5H3,(H2,17,18,19);1H. The van der Waals surface area contributed by atoms with Crippen molar-refractivity contribution in [3.63, 3.8) is 0 Å². The Balaban J connectivity index is 0.00000441. The van der Waals surface area contributed by atoms with Gasteiger partial charge in [0, 0.05) is 45.8 Å². The zero-order chi connectivity index (χ0) is 15.7. The number of nitrogens with one attached hydrogen (secondary N) is 2. The Kier molecular flexibility index (Phi) is 12.3. The summed E-state index contributed by atoms with van der Waals surface area (Å²) in [7, 11) is 4.05. The summed E-state index contributed by atoms with van der Waals surface area (Å²) in [5.41, 5.74) is 0. The fraction of sp³-hybridized carbons (Fsp3) is 0.938. The summed E-state index contributed by atoms with van der Waals surface area (Å²) in [4.78, 5) is 9.27. The van der Waals surface area contributed by atoms with Gasteiger partial charge < -0.3 is 20.4 Å². The van der Waals surface area contributed by atoms with E-state index in [0.29, 0.717) is 12.0 Å². The van der Waals surface area contributed by atoms with Gasteiger partial charge in [-0.15, -0.1) is 24.0 Å². The van der Waals surface area contributed by atoms with Gasteiger partial charge in [-0.2, -0.15) is 0 Å². The Labute approximate surface area is 154 Å². The van der Waals surface area contributed by atoms with E-state index in [9.17, 15) is 0 Å². The van der Waals surface area contributed by atoms with Crippen LogP contribution in [0, 0.1) is 5.92 Å². The van der Waals surface area contributed by atoms with Crippen LogP contribution in [0.2, 0.25) is 0 Å². The van der Waals surface area contributed by atoms with Crippen LogP contribution in [0.1, 0.15) is 33.6 Å². The molecule has 6 heteroatoms. The van der Waals surface area contributed by atoms with Gasteiger partial charge in [-0.05, 0) is 39.3 Å². The minimum Gasteiger partial charge on any atom is -0.356 e. The molecule has 1 aliphatic heterocycles. The maximum atomic E-state index is 4.28. The Hall–Kier alpha value is -0.0800. The molecular formula is C16H36IN5. The first-order valence-electron chi connectivity index (χ1n) is 8.41. The number of hydrogen-bond donors (Lipinski definition) is 2. The van der Waals surface area contributed by atoms with Crippen molar-refractivity contribution >= 4 is 29.9 Å². The highest BCUT2D eigenvalue weighted by Gasteiger charge is 2.12. The molecule has 1 fully saturated rings. The van der Waals surface area contributed by atoms with E-state index in [1.165, 1.54) is 45.6 Å². The zero-order valence-corrected chi connectivity index (χ0v) is 17.4. The highest BCUT2D eigenvalue weighted by atomic mass is 127. The second-order valence-electron chi connectivity index (χ2n) is 6.53. The highest BCUT2D eigenvalue weighted by molar-refractivity contribution is 14.0. The smallest absolute Gasteiger partial charge is 0.191 e. The number of nitrogens with zero attached hydrogens (tertiary/aromatic N) is 3. The van der Waals surface area contributed by atoms with Crippen molar-refractivity contribution in [2.75, 3.05) is 53.4 Å². The van der Waals surface area contributed by atoms with E-state index in [-0.39, 0.29) is 24.0 Å². The zero-order valence-electron chi connectivity index (χ0n) is 15.1. The highest BCUT2D eigenvalue weighted by Crippen LogP contribution is 2.01. The number of likely N-dealkylation sites (N-methyl/N-ethyl adjacent to an activating group) is 1. The van der Waals surface area contributed by atoms with Crippen LogP contribution in [-0.2, 0) is 0 Å². The average molecular weight is 425 g/mol. The Bertz CT molecular complexity index is 301. The lowest BCUT2D eigenvalue weighted by molar-refractivity contribution is 0.152. The second kappa shape index (κ2) is 12.4. The minimum absolute atomic E-state index is 0. The van der Waals surface area contributed by atoms with E-state index in [4.69, 9.17) is 0 Å². The summed E-state index contributed by atoms with van der Waals surface area (Å²) >= 11 is 0. The molecule has 0 amide bonds. The van der Waals surface area contributed by atoms with Gasteiger partial charge in [-0.1, -0.05) is 13.8 Å². The third kappa shape index (κ3) is 9.15. The first-order valence-corrected chi connectivity index (χ1v) is 8.41. The van der Waals surface area contributed by atoms with Crippen LogP contribution in [0.3, 0.4) is 0 Å². The molecule has 0 aromatic heterocycles. The fourth-order valence-corrected chi connectivity index (χ4v) is 2.32. The molecule has 1 aliphatic rings. The monoisotopic (exact) mass is 425 g/mol. The quantitative estimate of drug-likeness (QED) is 0.283. The number of hydrogen-bond acceptors (Lipinski definition) is 3. The molecule has 0 saturated carbocycles. The normalized spacial score (nSPS) is 18.9.